The number of nitrogens with zero attached hydrogens (tertiary/aromatic N) is 1. The van der Waals surface area contributed by atoms with Crippen LogP contribution in [0.15, 0.2) is 10.6 Å². The van der Waals surface area contributed by atoms with Gasteiger partial charge in [-0.25, -0.2) is 4.79 Å². The van der Waals surface area contributed by atoms with Gasteiger partial charge in [0.25, 0.3) is 0 Å². The summed E-state index contributed by atoms with van der Waals surface area (Å²) in [6, 6.07) is -0.205. The number of aliphatic hydroxyl groups excluding tert-OH is 1. The highest BCUT2D eigenvalue weighted by Gasteiger charge is 2.56. The van der Waals surface area contributed by atoms with Gasteiger partial charge in [0.15, 0.2) is 0 Å². The second-order valence-electron chi connectivity index (χ2n) is 4.46. The van der Waals surface area contributed by atoms with Crippen LogP contribution in [0.4, 0.5) is 0 Å². The molecule has 1 fully saturated rings. The molecule has 0 aromatic rings. The van der Waals surface area contributed by atoms with E-state index in [1.165, 1.54) is 16.7 Å². The number of aliphatic hydroxyl groups is 1. The van der Waals surface area contributed by atoms with Gasteiger partial charge in [-0.15, -0.1) is 11.8 Å². The average Bonchev–Trinajstić information content (AvgIpc) is 2.60. The molecule has 2 heterocycles. The molecule has 100 valence electrons. The fraction of sp³-hybridized carbons (Fsp3) is 0.636. The molecule has 0 aliphatic carbocycles. The molecule has 7 heteroatoms. The quantitative estimate of drug-likeness (QED) is 0.588. The van der Waals surface area contributed by atoms with Crippen LogP contribution in [0.1, 0.15) is 13.3 Å². The third kappa shape index (κ3) is 1.92. The maximum absolute atomic E-state index is 11.9. The van der Waals surface area contributed by atoms with Crippen molar-refractivity contribution in [1.82, 2.24) is 4.90 Å². The Kier molecular flexibility index (Phi) is 3.65. The Labute approximate surface area is 109 Å². The standard InChI is InChI=1S/C11H16N2O4S/c1-5(14)8-6-4-7(18-3-2-12)9(11(16)17)13(6)10(8)15/h5-6,8,14H,2-4,12H2,1H3,(H,16,17)/t5-,6-,8-/m0/s1. The number of rotatable bonds is 5. The van der Waals surface area contributed by atoms with E-state index < -0.39 is 18.0 Å². The SMILES string of the molecule is C[C@H](O)[C@@H]1C(=O)N2C(C(=O)O)=C(SCCN)C[C@@H]12. The van der Waals surface area contributed by atoms with Crippen molar-refractivity contribution in [3.63, 3.8) is 0 Å². The maximum Gasteiger partial charge on any atom is 0.353 e. The Hall–Kier alpha value is -1.05. The van der Waals surface area contributed by atoms with Crippen LogP contribution in [0.2, 0.25) is 0 Å². The van der Waals surface area contributed by atoms with Crippen molar-refractivity contribution < 1.29 is 19.8 Å². The molecule has 3 atom stereocenters. The number of carbonyl (C=O) groups excluding carboxylic acids is 1. The smallest absolute Gasteiger partial charge is 0.353 e. The summed E-state index contributed by atoms with van der Waals surface area (Å²) in [5.41, 5.74) is 5.47. The first kappa shape index (κ1) is 13.4. The third-order valence-electron chi connectivity index (χ3n) is 3.28. The highest BCUT2D eigenvalue weighted by molar-refractivity contribution is 8.03. The molecule has 4 N–H and O–H groups in total. The van der Waals surface area contributed by atoms with Crippen LogP contribution in [0.25, 0.3) is 0 Å². The van der Waals surface area contributed by atoms with Gasteiger partial charge in [0, 0.05) is 23.6 Å². The lowest BCUT2D eigenvalue weighted by atomic mass is 9.83. The van der Waals surface area contributed by atoms with Crippen LogP contribution < -0.4 is 5.73 Å². The van der Waals surface area contributed by atoms with E-state index in [0.29, 0.717) is 23.6 Å². The summed E-state index contributed by atoms with van der Waals surface area (Å²) in [5, 5.41) is 18.7. The molecule has 0 aromatic carbocycles. The fourth-order valence-electron chi connectivity index (χ4n) is 2.54. The molecule has 2 aliphatic heterocycles. The van der Waals surface area contributed by atoms with Gasteiger partial charge < -0.3 is 20.8 Å². The lowest BCUT2D eigenvalue weighted by Gasteiger charge is -2.44. The van der Waals surface area contributed by atoms with Gasteiger partial charge in [-0.05, 0) is 6.92 Å². The van der Waals surface area contributed by atoms with Crippen LogP contribution in [0.5, 0.6) is 0 Å². The van der Waals surface area contributed by atoms with Crippen molar-refractivity contribution in [2.45, 2.75) is 25.5 Å². The molecule has 0 aromatic heterocycles. The summed E-state index contributed by atoms with van der Waals surface area (Å²) < 4.78 is 0. The number of carboxylic acids is 1. The van der Waals surface area contributed by atoms with Crippen LogP contribution in [-0.2, 0) is 9.59 Å². The molecule has 18 heavy (non-hydrogen) atoms. The molecular weight excluding hydrogens is 256 g/mol. The zero-order valence-corrected chi connectivity index (χ0v) is 10.8. The number of β-lactam (4-membered cyclic amide) rings is 1. The van der Waals surface area contributed by atoms with Crippen molar-refractivity contribution in [2.75, 3.05) is 12.3 Å². The van der Waals surface area contributed by atoms with Crippen LogP contribution in [0, 0.1) is 5.92 Å². The number of amides is 1. The van der Waals surface area contributed by atoms with Crippen molar-refractivity contribution in [3.8, 4) is 0 Å². The predicted octanol–water partition coefficient (Wildman–Crippen LogP) is -0.414. The van der Waals surface area contributed by atoms with Gasteiger partial charge in [-0.1, -0.05) is 0 Å². The van der Waals surface area contributed by atoms with E-state index in [4.69, 9.17) is 5.73 Å². The minimum absolute atomic E-state index is 0.0698. The van der Waals surface area contributed by atoms with Gasteiger partial charge in [0.05, 0.1) is 18.1 Å². The molecular formula is C11H16N2O4S. The fourth-order valence-corrected chi connectivity index (χ4v) is 3.52. The van der Waals surface area contributed by atoms with Crippen LogP contribution >= 0.6 is 11.8 Å². The lowest BCUT2D eigenvalue weighted by Crippen LogP contribution is -2.61. The highest BCUT2D eigenvalue weighted by atomic mass is 32.2. The number of aliphatic carboxylic acids is 1. The minimum atomic E-state index is -1.09. The molecule has 0 bridgehead atoms. The van der Waals surface area contributed by atoms with Crippen molar-refractivity contribution in [1.29, 1.82) is 0 Å². The Morgan fingerprint density at radius 1 is 1.67 bits per heavy atom. The molecule has 1 amide bonds. The van der Waals surface area contributed by atoms with Crippen LogP contribution in [0.3, 0.4) is 0 Å². The first-order chi connectivity index (χ1) is 8.49. The number of carboxylic acid groups (broad SMARTS) is 1. The zero-order valence-electron chi connectivity index (χ0n) is 10.00. The number of thioether (sulfide) groups is 1. The first-order valence-corrected chi connectivity index (χ1v) is 6.78. The Bertz CT molecular complexity index is 421. The Balaban J connectivity index is 2.21. The molecule has 6 nitrogen and oxygen atoms in total. The number of carbonyl (C=O) groups is 2. The van der Waals surface area contributed by atoms with Crippen molar-refractivity contribution >= 4 is 23.6 Å². The molecule has 2 rings (SSSR count). The second-order valence-corrected chi connectivity index (χ2v) is 5.65. The van der Waals surface area contributed by atoms with E-state index >= 15 is 0 Å². The lowest BCUT2D eigenvalue weighted by molar-refractivity contribution is -0.161. The van der Waals surface area contributed by atoms with E-state index in [1.807, 2.05) is 0 Å². The van der Waals surface area contributed by atoms with Crippen molar-refractivity contribution in [2.24, 2.45) is 11.7 Å². The first-order valence-electron chi connectivity index (χ1n) is 5.79. The molecule has 1 saturated heterocycles. The molecule has 0 radical (unpaired) electrons. The summed E-state index contributed by atoms with van der Waals surface area (Å²) in [5.74, 6) is -1.24. The van der Waals surface area contributed by atoms with Gasteiger partial charge >= 0.3 is 5.97 Å². The van der Waals surface area contributed by atoms with E-state index in [0.717, 1.165) is 0 Å². The summed E-state index contributed by atoms with van der Waals surface area (Å²) in [7, 11) is 0. The summed E-state index contributed by atoms with van der Waals surface area (Å²) in [6.07, 6.45) is -0.235. The number of hydrogen-bond donors (Lipinski definition) is 3. The number of nitrogens with two attached hydrogens (primary N) is 1. The van der Waals surface area contributed by atoms with E-state index in [9.17, 15) is 19.8 Å². The number of hydrogen-bond acceptors (Lipinski definition) is 5. The van der Waals surface area contributed by atoms with Gasteiger partial charge in [0.2, 0.25) is 5.91 Å². The molecule has 0 saturated carbocycles. The summed E-state index contributed by atoms with van der Waals surface area (Å²) in [6.45, 7) is 2.02. The average molecular weight is 272 g/mol. The minimum Gasteiger partial charge on any atom is -0.477 e. The molecule has 0 spiro atoms. The maximum atomic E-state index is 11.9. The van der Waals surface area contributed by atoms with Gasteiger partial charge in [0.1, 0.15) is 5.70 Å². The predicted molar refractivity (Wildman–Crippen MR) is 66.6 cm³/mol. The molecule has 0 unspecified atom stereocenters. The van der Waals surface area contributed by atoms with E-state index in [1.54, 1.807) is 6.92 Å². The Morgan fingerprint density at radius 2 is 2.33 bits per heavy atom. The summed E-state index contributed by atoms with van der Waals surface area (Å²) in [4.78, 5) is 25.1. The number of fused-ring (bicyclic) bond motifs is 1. The van der Waals surface area contributed by atoms with E-state index in [2.05, 4.69) is 0 Å². The second kappa shape index (κ2) is 4.91. The monoisotopic (exact) mass is 272 g/mol. The van der Waals surface area contributed by atoms with Gasteiger partial charge in [-0.2, -0.15) is 0 Å². The topological polar surface area (TPSA) is 104 Å². The van der Waals surface area contributed by atoms with E-state index in [-0.39, 0.29) is 17.6 Å². The summed E-state index contributed by atoms with van der Waals surface area (Å²) >= 11 is 1.38. The Morgan fingerprint density at radius 3 is 2.83 bits per heavy atom. The van der Waals surface area contributed by atoms with Gasteiger partial charge in [-0.3, -0.25) is 4.79 Å². The molecule has 2 aliphatic rings. The normalized spacial score (nSPS) is 28.2. The third-order valence-corrected chi connectivity index (χ3v) is 4.43. The van der Waals surface area contributed by atoms with Crippen molar-refractivity contribution in [3.05, 3.63) is 10.6 Å². The zero-order chi connectivity index (χ0) is 13.4. The van der Waals surface area contributed by atoms with Crippen LogP contribution in [-0.4, -0.2) is 51.4 Å². The largest absolute Gasteiger partial charge is 0.477 e. The highest BCUT2D eigenvalue weighted by Crippen LogP contribution is 2.46.